The molecule has 2 heterocycles. The van der Waals surface area contributed by atoms with Crippen LogP contribution in [0.1, 0.15) is 49.9 Å². The van der Waals surface area contributed by atoms with Gasteiger partial charge < -0.3 is 4.42 Å². The Bertz CT molecular complexity index is 3740. The zero-order valence-corrected chi connectivity index (χ0v) is 35.5. The zero-order valence-electron chi connectivity index (χ0n) is 35.5. The van der Waals surface area contributed by atoms with Gasteiger partial charge in [0.1, 0.15) is 11.2 Å². The lowest BCUT2D eigenvalue weighted by Crippen LogP contribution is -2.17. The van der Waals surface area contributed by atoms with E-state index in [4.69, 9.17) is 19.4 Å². The van der Waals surface area contributed by atoms with E-state index in [1.807, 2.05) is 12.1 Å². The van der Waals surface area contributed by atoms with E-state index in [0.717, 1.165) is 49.8 Å². The van der Waals surface area contributed by atoms with E-state index >= 15 is 0 Å². The van der Waals surface area contributed by atoms with Crippen molar-refractivity contribution in [1.82, 2.24) is 15.0 Å². The summed E-state index contributed by atoms with van der Waals surface area (Å²) < 4.78 is 6.42. The normalized spacial score (nSPS) is 14.3. The van der Waals surface area contributed by atoms with Crippen LogP contribution in [0.3, 0.4) is 0 Å². The Morgan fingerprint density at radius 1 is 0.333 bits per heavy atom. The number of para-hydroxylation sites is 1. The molecule has 0 saturated carbocycles. The van der Waals surface area contributed by atoms with Crippen LogP contribution in [0.5, 0.6) is 0 Å². The molecule has 0 aliphatic heterocycles. The van der Waals surface area contributed by atoms with Crippen LogP contribution < -0.4 is 0 Å². The lowest BCUT2D eigenvalue weighted by molar-refractivity contribution is 0.658. The smallest absolute Gasteiger partial charge is 0.164 e. The minimum absolute atomic E-state index is 0.104. The average Bonchev–Trinajstić information content (AvgIpc) is 3.89. The van der Waals surface area contributed by atoms with Crippen molar-refractivity contribution in [3.8, 4) is 67.5 Å². The average molecular weight is 808 g/mol. The molecule has 0 amide bonds. The number of hydrogen-bond donors (Lipinski definition) is 0. The van der Waals surface area contributed by atoms with Gasteiger partial charge in [0.25, 0.3) is 0 Å². The Kier molecular flexibility index (Phi) is 7.38. The first-order chi connectivity index (χ1) is 30.7. The maximum Gasteiger partial charge on any atom is 0.164 e. The van der Waals surface area contributed by atoms with Gasteiger partial charge in [-0.15, -0.1) is 0 Å². The van der Waals surface area contributed by atoms with Gasteiger partial charge in [-0.2, -0.15) is 0 Å². The number of hydrogen-bond acceptors (Lipinski definition) is 4. The molecule has 13 rings (SSSR count). The molecule has 2 aromatic heterocycles. The maximum absolute atomic E-state index is 6.42. The molecule has 0 unspecified atom stereocenters. The molecule has 4 heteroatoms. The van der Waals surface area contributed by atoms with Gasteiger partial charge in [0, 0.05) is 38.3 Å². The molecule has 2 aliphatic rings. The SMILES string of the molecule is CC1(C)c2ccccc2-c2cc3ccc4ccc(-c5nc(-c6cccc(-c7ccccc7)c6)nc(-c6cccc7c6C(C)(C)c6cc8c(cc6-7)oc6ccccc68)n5)cc4c3cc21. The lowest BCUT2D eigenvalue weighted by Gasteiger charge is -2.24. The second-order valence-corrected chi connectivity index (χ2v) is 18.4. The predicted molar refractivity (Wildman–Crippen MR) is 259 cm³/mol. The molecule has 4 nitrogen and oxygen atoms in total. The Morgan fingerprint density at radius 2 is 0.937 bits per heavy atom. The highest BCUT2D eigenvalue weighted by Crippen LogP contribution is 2.54. The van der Waals surface area contributed by atoms with Crippen molar-refractivity contribution in [3.63, 3.8) is 0 Å². The van der Waals surface area contributed by atoms with Crippen molar-refractivity contribution < 1.29 is 4.42 Å². The van der Waals surface area contributed by atoms with Crippen LogP contribution in [0.25, 0.3) is 111 Å². The minimum Gasteiger partial charge on any atom is -0.456 e. The minimum atomic E-state index is -0.344. The van der Waals surface area contributed by atoms with Crippen LogP contribution in [0, 0.1) is 0 Å². The quantitative estimate of drug-likeness (QED) is 0.166. The van der Waals surface area contributed by atoms with Crippen molar-refractivity contribution in [3.05, 3.63) is 198 Å². The van der Waals surface area contributed by atoms with Crippen molar-refractivity contribution in [2.45, 2.75) is 38.5 Å². The third-order valence-electron chi connectivity index (χ3n) is 14.1. The van der Waals surface area contributed by atoms with Crippen LogP contribution in [-0.2, 0) is 10.8 Å². The van der Waals surface area contributed by atoms with Gasteiger partial charge >= 0.3 is 0 Å². The highest BCUT2D eigenvalue weighted by atomic mass is 16.3. The van der Waals surface area contributed by atoms with E-state index in [0.29, 0.717) is 17.5 Å². The highest BCUT2D eigenvalue weighted by molar-refractivity contribution is 6.11. The molecule has 0 spiro atoms. The van der Waals surface area contributed by atoms with Gasteiger partial charge in [-0.3, -0.25) is 0 Å². The zero-order chi connectivity index (χ0) is 42.2. The van der Waals surface area contributed by atoms with Gasteiger partial charge in [-0.05, 0) is 120 Å². The van der Waals surface area contributed by atoms with E-state index in [9.17, 15) is 0 Å². The Labute approximate surface area is 365 Å². The second-order valence-electron chi connectivity index (χ2n) is 18.4. The molecule has 2 aliphatic carbocycles. The number of rotatable bonds is 4. The Hall–Kier alpha value is -7.69. The van der Waals surface area contributed by atoms with E-state index in [1.165, 1.54) is 66.1 Å². The third kappa shape index (κ3) is 5.25. The largest absolute Gasteiger partial charge is 0.456 e. The van der Waals surface area contributed by atoms with Gasteiger partial charge in [0.2, 0.25) is 0 Å². The molecule has 9 aromatic carbocycles. The molecular weight excluding hydrogens is 767 g/mol. The molecule has 0 bridgehead atoms. The van der Waals surface area contributed by atoms with Crippen molar-refractivity contribution >= 4 is 43.5 Å². The van der Waals surface area contributed by atoms with Gasteiger partial charge in [0.15, 0.2) is 17.5 Å². The van der Waals surface area contributed by atoms with Crippen molar-refractivity contribution in [2.75, 3.05) is 0 Å². The third-order valence-corrected chi connectivity index (χ3v) is 14.1. The van der Waals surface area contributed by atoms with E-state index < -0.39 is 0 Å². The summed E-state index contributed by atoms with van der Waals surface area (Å²) in [5, 5.41) is 7.09. The lowest BCUT2D eigenvalue weighted by atomic mass is 9.79. The van der Waals surface area contributed by atoms with Crippen LogP contribution in [0.15, 0.2) is 180 Å². The molecule has 0 atom stereocenters. The number of nitrogens with zero attached hydrogens (tertiary/aromatic N) is 3. The van der Waals surface area contributed by atoms with Crippen LogP contribution in [0.2, 0.25) is 0 Å². The summed E-state index contributed by atoms with van der Waals surface area (Å²) in [6.07, 6.45) is 0. The molecular formula is C59H41N3O. The van der Waals surface area contributed by atoms with E-state index in [2.05, 4.69) is 191 Å². The molecule has 0 radical (unpaired) electrons. The molecule has 298 valence electrons. The summed E-state index contributed by atoms with van der Waals surface area (Å²) in [4.78, 5) is 16.1. The fourth-order valence-corrected chi connectivity index (χ4v) is 10.9. The summed E-state index contributed by atoms with van der Waals surface area (Å²) in [6.45, 7) is 9.35. The highest BCUT2D eigenvalue weighted by Gasteiger charge is 2.39. The summed E-state index contributed by atoms with van der Waals surface area (Å²) in [5.74, 6) is 1.93. The number of furan rings is 1. The van der Waals surface area contributed by atoms with E-state index in [1.54, 1.807) is 0 Å². The van der Waals surface area contributed by atoms with Gasteiger partial charge in [-0.1, -0.05) is 161 Å². The summed E-state index contributed by atoms with van der Waals surface area (Å²) in [7, 11) is 0. The van der Waals surface area contributed by atoms with Crippen molar-refractivity contribution in [2.24, 2.45) is 0 Å². The van der Waals surface area contributed by atoms with Gasteiger partial charge in [0.05, 0.1) is 0 Å². The molecule has 63 heavy (non-hydrogen) atoms. The predicted octanol–water partition coefficient (Wildman–Crippen LogP) is 15.4. The molecule has 0 fully saturated rings. The number of fused-ring (bicyclic) bond motifs is 12. The summed E-state index contributed by atoms with van der Waals surface area (Å²) in [5.41, 5.74) is 16.7. The molecule has 0 saturated heterocycles. The first-order valence-electron chi connectivity index (χ1n) is 21.8. The van der Waals surface area contributed by atoms with Crippen LogP contribution >= 0.6 is 0 Å². The van der Waals surface area contributed by atoms with Crippen LogP contribution in [0.4, 0.5) is 0 Å². The first kappa shape index (κ1) is 36.0. The molecule has 0 N–H and O–H groups in total. The van der Waals surface area contributed by atoms with Crippen molar-refractivity contribution in [1.29, 1.82) is 0 Å². The fourth-order valence-electron chi connectivity index (χ4n) is 10.9. The Balaban J connectivity index is 1.02. The number of aromatic nitrogens is 3. The fraction of sp³-hybridized carbons (Fsp3) is 0.102. The standard InChI is InChI=1S/C59H41N3O/c1-58(2)49-22-10-8-18-40(49)46-29-37-26-24-35-25-27-39(30-44(35)45(37)31-50(46)58)56-60-55(38-17-12-16-36(28-38)34-14-6-5-7-15-34)61-57(62-56)43-21-13-20-42-47-33-53-48(32-51(47)59(3,4)54(42)43)41-19-9-11-23-52(41)63-53/h5-33H,1-4H3. The summed E-state index contributed by atoms with van der Waals surface area (Å²) >= 11 is 0. The molecule has 11 aromatic rings. The first-order valence-corrected chi connectivity index (χ1v) is 21.8. The van der Waals surface area contributed by atoms with Crippen LogP contribution in [-0.4, -0.2) is 15.0 Å². The van der Waals surface area contributed by atoms with E-state index in [-0.39, 0.29) is 10.8 Å². The Morgan fingerprint density at radius 3 is 1.81 bits per heavy atom. The second kappa shape index (κ2) is 12.9. The topological polar surface area (TPSA) is 51.8 Å². The number of benzene rings is 9. The summed E-state index contributed by atoms with van der Waals surface area (Å²) in [6, 6.07) is 63.3. The monoisotopic (exact) mass is 807 g/mol. The maximum atomic E-state index is 6.42. The van der Waals surface area contributed by atoms with Gasteiger partial charge in [-0.25, -0.2) is 15.0 Å².